The molecule has 1 unspecified atom stereocenters. The van der Waals surface area contributed by atoms with E-state index in [0.717, 1.165) is 25.3 Å². The standard InChI is InChI=1S/C21H30N4.HI/c1-17(10-11-18-8-6-5-7-9-18)24-21(22-2)23-16-19-12-14-20(15-13-19)25(3)4;/h5-9,12-15,17H,10-11,16H2,1-4H3,(H2,22,23,24);1H. The van der Waals surface area contributed by atoms with Gasteiger partial charge in [0.15, 0.2) is 5.96 Å². The Bertz CT molecular complexity index is 653. The van der Waals surface area contributed by atoms with E-state index in [0.29, 0.717) is 6.04 Å². The van der Waals surface area contributed by atoms with Crippen LogP contribution in [0.3, 0.4) is 0 Å². The molecule has 0 aromatic heterocycles. The van der Waals surface area contributed by atoms with Gasteiger partial charge in [-0.25, -0.2) is 0 Å². The highest BCUT2D eigenvalue weighted by atomic mass is 127. The number of hydrogen-bond donors (Lipinski definition) is 2. The van der Waals surface area contributed by atoms with Gasteiger partial charge in [0.1, 0.15) is 0 Å². The average Bonchev–Trinajstić information content (AvgIpc) is 2.64. The van der Waals surface area contributed by atoms with E-state index in [1.807, 2.05) is 7.05 Å². The van der Waals surface area contributed by atoms with E-state index in [-0.39, 0.29) is 24.0 Å². The SMILES string of the molecule is CN=C(NCc1ccc(N(C)C)cc1)NC(C)CCc1ccccc1.I. The van der Waals surface area contributed by atoms with Gasteiger partial charge in [-0.1, -0.05) is 42.5 Å². The number of nitrogens with zero attached hydrogens (tertiary/aromatic N) is 2. The molecule has 0 spiro atoms. The number of aliphatic imine (C=N–C) groups is 1. The van der Waals surface area contributed by atoms with Crippen LogP contribution < -0.4 is 15.5 Å². The Morgan fingerprint density at radius 2 is 1.65 bits per heavy atom. The molecule has 4 nitrogen and oxygen atoms in total. The van der Waals surface area contributed by atoms with Crippen LogP contribution in [0, 0.1) is 0 Å². The summed E-state index contributed by atoms with van der Waals surface area (Å²) in [6, 6.07) is 19.5. The topological polar surface area (TPSA) is 39.7 Å². The van der Waals surface area contributed by atoms with Crippen molar-refractivity contribution in [1.29, 1.82) is 0 Å². The first kappa shape index (κ1) is 22.3. The highest BCUT2D eigenvalue weighted by molar-refractivity contribution is 14.0. The normalized spacial score (nSPS) is 12.1. The molecule has 0 aliphatic rings. The zero-order chi connectivity index (χ0) is 18.1. The molecular weight excluding hydrogens is 435 g/mol. The zero-order valence-corrected chi connectivity index (χ0v) is 18.5. The van der Waals surface area contributed by atoms with Crippen LogP contribution in [0.15, 0.2) is 59.6 Å². The van der Waals surface area contributed by atoms with Crippen molar-refractivity contribution in [3.05, 3.63) is 65.7 Å². The average molecular weight is 466 g/mol. The third-order valence-corrected chi connectivity index (χ3v) is 4.23. The van der Waals surface area contributed by atoms with Crippen molar-refractivity contribution < 1.29 is 0 Å². The van der Waals surface area contributed by atoms with Gasteiger partial charge in [-0.15, -0.1) is 24.0 Å². The third-order valence-electron chi connectivity index (χ3n) is 4.23. The number of rotatable bonds is 7. The van der Waals surface area contributed by atoms with Crippen molar-refractivity contribution in [3.63, 3.8) is 0 Å². The second-order valence-corrected chi connectivity index (χ2v) is 6.56. The Labute approximate surface area is 175 Å². The van der Waals surface area contributed by atoms with Crippen molar-refractivity contribution in [3.8, 4) is 0 Å². The molecule has 0 bridgehead atoms. The predicted molar refractivity (Wildman–Crippen MR) is 124 cm³/mol. The maximum absolute atomic E-state index is 4.33. The van der Waals surface area contributed by atoms with Crippen molar-refractivity contribution in [2.24, 2.45) is 4.99 Å². The van der Waals surface area contributed by atoms with Gasteiger partial charge in [0.2, 0.25) is 0 Å². The first-order chi connectivity index (χ1) is 12.1. The Hall–Kier alpha value is -1.76. The summed E-state index contributed by atoms with van der Waals surface area (Å²) in [5.41, 5.74) is 3.83. The molecule has 0 saturated heterocycles. The highest BCUT2D eigenvalue weighted by Crippen LogP contribution is 2.12. The smallest absolute Gasteiger partial charge is 0.191 e. The molecule has 0 aliphatic carbocycles. The first-order valence-corrected chi connectivity index (χ1v) is 8.86. The molecule has 26 heavy (non-hydrogen) atoms. The van der Waals surface area contributed by atoms with E-state index in [1.54, 1.807) is 0 Å². The molecule has 0 fully saturated rings. The van der Waals surface area contributed by atoms with Crippen molar-refractivity contribution in [2.75, 3.05) is 26.0 Å². The van der Waals surface area contributed by atoms with Crippen LogP contribution in [0.25, 0.3) is 0 Å². The van der Waals surface area contributed by atoms with Crippen LogP contribution in [-0.4, -0.2) is 33.1 Å². The molecule has 5 heteroatoms. The Balaban J connectivity index is 0.00000338. The molecular formula is C21H31IN4. The minimum absolute atomic E-state index is 0. The molecule has 1 atom stereocenters. The molecule has 142 valence electrons. The maximum atomic E-state index is 4.33. The van der Waals surface area contributed by atoms with Crippen LogP contribution in [0.4, 0.5) is 5.69 Å². The summed E-state index contributed by atoms with van der Waals surface area (Å²) < 4.78 is 0. The van der Waals surface area contributed by atoms with Gasteiger partial charge in [-0.3, -0.25) is 4.99 Å². The molecule has 2 rings (SSSR count). The fourth-order valence-corrected chi connectivity index (χ4v) is 2.63. The summed E-state index contributed by atoms with van der Waals surface area (Å²) in [7, 11) is 5.92. The number of hydrogen-bond acceptors (Lipinski definition) is 2. The minimum atomic E-state index is 0. The molecule has 0 heterocycles. The van der Waals surface area contributed by atoms with E-state index in [9.17, 15) is 0 Å². The summed E-state index contributed by atoms with van der Waals surface area (Å²) >= 11 is 0. The minimum Gasteiger partial charge on any atom is -0.378 e. The van der Waals surface area contributed by atoms with E-state index in [4.69, 9.17) is 0 Å². The zero-order valence-electron chi connectivity index (χ0n) is 16.2. The lowest BCUT2D eigenvalue weighted by atomic mass is 10.1. The number of anilines is 1. The fourth-order valence-electron chi connectivity index (χ4n) is 2.63. The van der Waals surface area contributed by atoms with Crippen LogP contribution >= 0.6 is 24.0 Å². The van der Waals surface area contributed by atoms with Crippen LogP contribution in [0.2, 0.25) is 0 Å². The van der Waals surface area contributed by atoms with E-state index in [2.05, 4.69) is 96.1 Å². The second-order valence-electron chi connectivity index (χ2n) is 6.56. The van der Waals surface area contributed by atoms with Crippen molar-refractivity contribution in [2.45, 2.75) is 32.4 Å². The fraction of sp³-hybridized carbons (Fsp3) is 0.381. The van der Waals surface area contributed by atoms with Crippen LogP contribution in [0.5, 0.6) is 0 Å². The number of benzene rings is 2. The van der Waals surface area contributed by atoms with Gasteiger partial charge < -0.3 is 15.5 Å². The third kappa shape index (κ3) is 7.64. The molecule has 2 aromatic rings. The molecule has 0 aliphatic heterocycles. The largest absolute Gasteiger partial charge is 0.378 e. The quantitative estimate of drug-likeness (QED) is 0.368. The molecule has 2 N–H and O–H groups in total. The highest BCUT2D eigenvalue weighted by Gasteiger charge is 2.06. The van der Waals surface area contributed by atoms with Crippen LogP contribution in [-0.2, 0) is 13.0 Å². The Morgan fingerprint density at radius 3 is 2.23 bits per heavy atom. The van der Waals surface area contributed by atoms with E-state index >= 15 is 0 Å². The van der Waals surface area contributed by atoms with E-state index in [1.165, 1.54) is 16.8 Å². The Kier molecular flexibility index (Phi) is 10.1. The summed E-state index contributed by atoms with van der Waals surface area (Å²) in [5.74, 6) is 0.845. The first-order valence-electron chi connectivity index (χ1n) is 8.86. The number of nitrogens with one attached hydrogen (secondary N) is 2. The monoisotopic (exact) mass is 466 g/mol. The Morgan fingerprint density at radius 1 is 1.00 bits per heavy atom. The molecule has 2 aromatic carbocycles. The van der Waals surface area contributed by atoms with Gasteiger partial charge in [-0.2, -0.15) is 0 Å². The van der Waals surface area contributed by atoms with Crippen molar-refractivity contribution in [1.82, 2.24) is 10.6 Å². The predicted octanol–water partition coefficient (Wildman–Crippen LogP) is 4.06. The summed E-state index contributed by atoms with van der Waals surface area (Å²) in [5, 5.41) is 6.86. The lowest BCUT2D eigenvalue weighted by Gasteiger charge is -2.18. The van der Waals surface area contributed by atoms with E-state index < -0.39 is 0 Å². The molecule has 0 radical (unpaired) electrons. The van der Waals surface area contributed by atoms with Gasteiger partial charge >= 0.3 is 0 Å². The van der Waals surface area contributed by atoms with Gasteiger partial charge in [-0.05, 0) is 43.0 Å². The number of halogens is 1. The van der Waals surface area contributed by atoms with Gasteiger partial charge in [0.05, 0.1) is 0 Å². The second kappa shape index (κ2) is 11.8. The van der Waals surface area contributed by atoms with Crippen LogP contribution in [0.1, 0.15) is 24.5 Å². The lowest BCUT2D eigenvalue weighted by molar-refractivity contribution is 0.593. The lowest BCUT2D eigenvalue weighted by Crippen LogP contribution is -2.42. The van der Waals surface area contributed by atoms with Crippen molar-refractivity contribution >= 4 is 35.6 Å². The van der Waals surface area contributed by atoms with Gasteiger partial charge in [0, 0.05) is 39.4 Å². The van der Waals surface area contributed by atoms with Gasteiger partial charge in [0.25, 0.3) is 0 Å². The summed E-state index contributed by atoms with van der Waals surface area (Å²) in [4.78, 5) is 6.43. The number of guanidine groups is 1. The summed E-state index contributed by atoms with van der Waals surface area (Å²) in [6.45, 7) is 2.96. The maximum Gasteiger partial charge on any atom is 0.191 e. The molecule has 0 saturated carbocycles. The summed E-state index contributed by atoms with van der Waals surface area (Å²) in [6.07, 6.45) is 2.14. The molecule has 0 amide bonds. The number of aryl methyl sites for hydroxylation is 1.